The van der Waals surface area contributed by atoms with Gasteiger partial charge in [-0.05, 0) is 37.5 Å². The summed E-state index contributed by atoms with van der Waals surface area (Å²) in [6.07, 6.45) is 2.81. The van der Waals surface area contributed by atoms with Crippen molar-refractivity contribution in [1.29, 1.82) is 0 Å². The molecule has 1 amide bonds. The molecular formula is C18H23FN2OS. The maximum Gasteiger partial charge on any atom is 0.256 e. The average Bonchev–Trinajstić information content (AvgIpc) is 2.90. The highest BCUT2D eigenvalue weighted by Gasteiger charge is 2.20. The molecule has 0 aliphatic carbocycles. The summed E-state index contributed by atoms with van der Waals surface area (Å²) in [4.78, 5) is 13.8. The number of hydrogen-bond donors (Lipinski definition) is 2. The van der Waals surface area contributed by atoms with Crippen molar-refractivity contribution in [3.8, 4) is 0 Å². The van der Waals surface area contributed by atoms with E-state index in [1.54, 1.807) is 35.6 Å². The highest BCUT2D eigenvalue weighted by atomic mass is 32.1. The number of carbonyl (C=O) groups is 1. The van der Waals surface area contributed by atoms with Gasteiger partial charge in [0.25, 0.3) is 5.91 Å². The van der Waals surface area contributed by atoms with Crippen LogP contribution in [0.15, 0.2) is 29.6 Å². The van der Waals surface area contributed by atoms with Gasteiger partial charge in [-0.25, -0.2) is 4.39 Å². The Balaban J connectivity index is 2.24. The molecule has 0 saturated carbocycles. The average molecular weight is 334 g/mol. The van der Waals surface area contributed by atoms with Gasteiger partial charge in [-0.1, -0.05) is 32.4 Å². The topological polar surface area (TPSA) is 55.1 Å². The Morgan fingerprint density at radius 3 is 2.74 bits per heavy atom. The summed E-state index contributed by atoms with van der Waals surface area (Å²) in [5.74, 6) is -2.08. The number of benzene rings is 1. The molecule has 0 radical (unpaired) electrons. The van der Waals surface area contributed by atoms with Crippen molar-refractivity contribution >= 4 is 22.9 Å². The lowest BCUT2D eigenvalue weighted by atomic mass is 10.0. The van der Waals surface area contributed by atoms with Crippen LogP contribution in [0.4, 0.5) is 10.1 Å². The Labute approximate surface area is 140 Å². The summed E-state index contributed by atoms with van der Waals surface area (Å²) in [6.45, 7) is 5.49. The Kier molecular flexibility index (Phi) is 5.55. The summed E-state index contributed by atoms with van der Waals surface area (Å²) in [6, 6.07) is 6.61. The summed E-state index contributed by atoms with van der Waals surface area (Å²) < 4.78 is 13.8. The fraction of sp³-hybridized carbons (Fsp3) is 0.389. The monoisotopic (exact) mass is 334 g/mol. The van der Waals surface area contributed by atoms with Gasteiger partial charge in [0.1, 0.15) is 0 Å². The summed E-state index contributed by atoms with van der Waals surface area (Å²) in [5.41, 5.74) is 8.21. The smallest absolute Gasteiger partial charge is 0.256 e. The predicted octanol–water partition coefficient (Wildman–Crippen LogP) is 4.62. The SMILES string of the molecule is CCCc1c(C(=O)Nc2cccc(C(C)(N)F)c2)csc1CC. The van der Waals surface area contributed by atoms with Crippen LogP contribution in [0.25, 0.3) is 0 Å². The minimum absolute atomic E-state index is 0.154. The normalized spacial score (nSPS) is 13.6. The highest BCUT2D eigenvalue weighted by Crippen LogP contribution is 2.27. The van der Waals surface area contributed by atoms with E-state index in [1.807, 2.05) is 5.38 Å². The molecule has 0 saturated heterocycles. The predicted molar refractivity (Wildman–Crippen MR) is 94.7 cm³/mol. The zero-order chi connectivity index (χ0) is 17.0. The lowest BCUT2D eigenvalue weighted by Crippen LogP contribution is -2.27. The van der Waals surface area contributed by atoms with Gasteiger partial charge >= 0.3 is 0 Å². The van der Waals surface area contributed by atoms with Crippen molar-refractivity contribution in [2.24, 2.45) is 5.73 Å². The molecule has 1 unspecified atom stereocenters. The second-order valence-corrected chi connectivity index (χ2v) is 6.73. The molecular weight excluding hydrogens is 311 g/mol. The quantitative estimate of drug-likeness (QED) is 0.758. The molecule has 3 N–H and O–H groups in total. The third kappa shape index (κ3) is 4.18. The van der Waals surface area contributed by atoms with Gasteiger partial charge < -0.3 is 5.32 Å². The van der Waals surface area contributed by atoms with Gasteiger partial charge in [0, 0.05) is 21.5 Å². The van der Waals surface area contributed by atoms with E-state index >= 15 is 0 Å². The fourth-order valence-corrected chi connectivity index (χ4v) is 3.56. The third-order valence-electron chi connectivity index (χ3n) is 3.73. The van der Waals surface area contributed by atoms with Crippen molar-refractivity contribution < 1.29 is 9.18 Å². The third-order valence-corrected chi connectivity index (χ3v) is 4.90. The van der Waals surface area contributed by atoms with Gasteiger partial charge in [0.2, 0.25) is 0 Å². The van der Waals surface area contributed by atoms with Crippen LogP contribution in [0, 0.1) is 0 Å². The number of halogens is 1. The molecule has 23 heavy (non-hydrogen) atoms. The molecule has 0 fully saturated rings. The Bertz CT molecular complexity index is 689. The summed E-state index contributed by atoms with van der Waals surface area (Å²) in [5, 5.41) is 4.76. The minimum atomic E-state index is -1.92. The highest BCUT2D eigenvalue weighted by molar-refractivity contribution is 7.10. The largest absolute Gasteiger partial charge is 0.322 e. The number of anilines is 1. The second kappa shape index (κ2) is 7.23. The zero-order valence-corrected chi connectivity index (χ0v) is 14.6. The zero-order valence-electron chi connectivity index (χ0n) is 13.8. The van der Waals surface area contributed by atoms with E-state index in [4.69, 9.17) is 5.73 Å². The van der Waals surface area contributed by atoms with E-state index < -0.39 is 5.79 Å². The van der Waals surface area contributed by atoms with Crippen molar-refractivity contribution in [2.75, 3.05) is 5.32 Å². The standard InChI is InChI=1S/C18H23FN2OS/c1-4-7-14-15(11-23-16(14)5-2)17(22)21-13-9-6-8-12(10-13)18(3,19)20/h6,8-11H,4-5,7,20H2,1-3H3,(H,21,22). The van der Waals surface area contributed by atoms with E-state index in [0.29, 0.717) is 11.3 Å². The van der Waals surface area contributed by atoms with E-state index in [2.05, 4.69) is 19.2 Å². The van der Waals surface area contributed by atoms with E-state index in [1.165, 1.54) is 11.8 Å². The van der Waals surface area contributed by atoms with Crippen LogP contribution >= 0.6 is 11.3 Å². The van der Waals surface area contributed by atoms with Crippen LogP contribution in [-0.4, -0.2) is 5.91 Å². The molecule has 1 heterocycles. The second-order valence-electron chi connectivity index (χ2n) is 5.77. The molecule has 3 nitrogen and oxygen atoms in total. The molecule has 0 aliphatic rings. The number of rotatable bonds is 6. The molecule has 0 spiro atoms. The number of carbonyl (C=O) groups excluding carboxylic acids is 1. The molecule has 0 aliphatic heterocycles. The lowest BCUT2D eigenvalue weighted by Gasteiger charge is -2.16. The summed E-state index contributed by atoms with van der Waals surface area (Å²) >= 11 is 1.62. The Morgan fingerprint density at radius 2 is 2.13 bits per heavy atom. The first-order valence-corrected chi connectivity index (χ1v) is 8.73. The molecule has 124 valence electrons. The van der Waals surface area contributed by atoms with Crippen LogP contribution in [0.1, 0.15) is 53.6 Å². The number of hydrogen-bond acceptors (Lipinski definition) is 3. The van der Waals surface area contributed by atoms with Crippen molar-refractivity contribution in [2.45, 2.75) is 45.8 Å². The Hall–Kier alpha value is -1.72. The van der Waals surface area contributed by atoms with E-state index in [9.17, 15) is 9.18 Å². The number of aryl methyl sites for hydroxylation is 1. The van der Waals surface area contributed by atoms with E-state index in [0.717, 1.165) is 30.4 Å². The molecule has 0 bridgehead atoms. The molecule has 2 rings (SSSR count). The van der Waals surface area contributed by atoms with Crippen LogP contribution in [0.2, 0.25) is 0 Å². The number of nitrogens with two attached hydrogens (primary N) is 1. The first-order valence-electron chi connectivity index (χ1n) is 7.85. The van der Waals surface area contributed by atoms with Gasteiger partial charge in [-0.15, -0.1) is 11.3 Å². The Morgan fingerprint density at radius 1 is 1.39 bits per heavy atom. The lowest BCUT2D eigenvalue weighted by molar-refractivity contribution is 0.102. The van der Waals surface area contributed by atoms with Crippen LogP contribution < -0.4 is 11.1 Å². The van der Waals surface area contributed by atoms with Crippen LogP contribution in [0.3, 0.4) is 0 Å². The number of amides is 1. The van der Waals surface area contributed by atoms with Crippen molar-refractivity contribution in [3.05, 3.63) is 51.2 Å². The van der Waals surface area contributed by atoms with Gasteiger partial charge in [0.15, 0.2) is 5.79 Å². The molecule has 1 atom stereocenters. The number of alkyl halides is 1. The van der Waals surface area contributed by atoms with Crippen LogP contribution in [0.5, 0.6) is 0 Å². The minimum Gasteiger partial charge on any atom is -0.322 e. The molecule has 2 aromatic rings. The number of thiophene rings is 1. The van der Waals surface area contributed by atoms with Gasteiger partial charge in [-0.3, -0.25) is 10.5 Å². The van der Waals surface area contributed by atoms with Gasteiger partial charge in [0.05, 0.1) is 5.56 Å². The number of nitrogens with one attached hydrogen (secondary N) is 1. The molecule has 1 aromatic carbocycles. The first-order chi connectivity index (χ1) is 10.9. The van der Waals surface area contributed by atoms with Gasteiger partial charge in [-0.2, -0.15) is 0 Å². The fourth-order valence-electron chi connectivity index (χ4n) is 2.53. The first kappa shape index (κ1) is 17.6. The van der Waals surface area contributed by atoms with E-state index in [-0.39, 0.29) is 5.91 Å². The molecule has 5 heteroatoms. The van der Waals surface area contributed by atoms with Crippen LogP contribution in [-0.2, 0) is 18.6 Å². The maximum atomic E-state index is 13.8. The van der Waals surface area contributed by atoms with Crippen molar-refractivity contribution in [3.63, 3.8) is 0 Å². The van der Waals surface area contributed by atoms with Crippen molar-refractivity contribution in [1.82, 2.24) is 0 Å². The molecule has 1 aromatic heterocycles. The summed E-state index contributed by atoms with van der Waals surface area (Å²) in [7, 11) is 0. The maximum absolute atomic E-state index is 13.8.